The normalized spacial score (nSPS) is 16.1. The van der Waals surface area contributed by atoms with Crippen molar-refractivity contribution in [2.75, 3.05) is 36.4 Å². The van der Waals surface area contributed by atoms with Crippen LogP contribution in [0.1, 0.15) is 29.8 Å². The Morgan fingerprint density at radius 1 is 0.971 bits per heavy atom. The SMILES string of the molecule is CC(C)N1CCN(c2ccc(Nc3ncc(-c4cccc5c4CNC5=O)n4ncnc34)cn2)CC1. The molecule has 1 aromatic carbocycles. The van der Waals surface area contributed by atoms with E-state index in [0.717, 1.165) is 54.5 Å². The molecule has 3 aromatic heterocycles. The molecule has 0 atom stereocenters. The van der Waals surface area contributed by atoms with Crippen LogP contribution in [0, 0.1) is 0 Å². The highest BCUT2D eigenvalue weighted by Gasteiger charge is 2.24. The van der Waals surface area contributed by atoms with Gasteiger partial charge in [0.15, 0.2) is 11.5 Å². The van der Waals surface area contributed by atoms with Crippen molar-refractivity contribution in [3.63, 3.8) is 0 Å². The van der Waals surface area contributed by atoms with Crippen LogP contribution in [0.4, 0.5) is 17.3 Å². The van der Waals surface area contributed by atoms with Crippen LogP contribution in [0.2, 0.25) is 0 Å². The molecule has 35 heavy (non-hydrogen) atoms. The topological polar surface area (TPSA) is 104 Å². The number of nitrogens with one attached hydrogen (secondary N) is 2. The van der Waals surface area contributed by atoms with E-state index in [0.29, 0.717) is 29.6 Å². The minimum Gasteiger partial charge on any atom is -0.354 e. The number of amides is 1. The molecule has 1 fully saturated rings. The Kier molecular flexibility index (Phi) is 5.29. The molecule has 6 rings (SSSR count). The van der Waals surface area contributed by atoms with Gasteiger partial charge in [0, 0.05) is 49.9 Å². The van der Waals surface area contributed by atoms with Crippen LogP contribution in [0.5, 0.6) is 0 Å². The number of aromatic nitrogens is 5. The lowest BCUT2D eigenvalue weighted by Crippen LogP contribution is -2.49. The van der Waals surface area contributed by atoms with Crippen LogP contribution in [-0.4, -0.2) is 67.6 Å². The number of hydrogen-bond acceptors (Lipinski definition) is 8. The molecule has 2 aliphatic heterocycles. The van der Waals surface area contributed by atoms with Crippen molar-refractivity contribution in [3.8, 4) is 11.3 Å². The van der Waals surface area contributed by atoms with E-state index in [9.17, 15) is 4.79 Å². The zero-order valence-corrected chi connectivity index (χ0v) is 19.8. The van der Waals surface area contributed by atoms with E-state index >= 15 is 0 Å². The summed E-state index contributed by atoms with van der Waals surface area (Å²) in [7, 11) is 0. The number of pyridine rings is 1. The average Bonchev–Trinajstić information content (AvgIpc) is 3.53. The van der Waals surface area contributed by atoms with Gasteiger partial charge in [-0.2, -0.15) is 5.10 Å². The zero-order valence-electron chi connectivity index (χ0n) is 19.8. The molecule has 10 heteroatoms. The van der Waals surface area contributed by atoms with E-state index in [-0.39, 0.29) is 5.91 Å². The molecule has 1 saturated heterocycles. The third-order valence-electron chi connectivity index (χ3n) is 6.81. The third kappa shape index (κ3) is 3.85. The van der Waals surface area contributed by atoms with Gasteiger partial charge in [-0.25, -0.2) is 19.5 Å². The second kappa shape index (κ2) is 8.62. The van der Waals surface area contributed by atoms with E-state index in [4.69, 9.17) is 0 Å². The number of carbonyl (C=O) groups excluding carboxylic acids is 1. The number of nitrogens with zero attached hydrogens (tertiary/aromatic N) is 7. The first-order valence-electron chi connectivity index (χ1n) is 11.9. The highest BCUT2D eigenvalue weighted by atomic mass is 16.1. The summed E-state index contributed by atoms with van der Waals surface area (Å²) < 4.78 is 1.75. The van der Waals surface area contributed by atoms with Crippen LogP contribution in [0.25, 0.3) is 16.9 Å². The molecule has 0 radical (unpaired) electrons. The van der Waals surface area contributed by atoms with Crippen LogP contribution in [-0.2, 0) is 6.54 Å². The molecule has 5 heterocycles. The van der Waals surface area contributed by atoms with Gasteiger partial charge in [0.1, 0.15) is 12.1 Å². The van der Waals surface area contributed by atoms with E-state index in [1.807, 2.05) is 36.5 Å². The van der Waals surface area contributed by atoms with Crippen LogP contribution >= 0.6 is 0 Å². The first-order chi connectivity index (χ1) is 17.1. The van der Waals surface area contributed by atoms with Gasteiger partial charge in [-0.05, 0) is 37.6 Å². The van der Waals surface area contributed by atoms with Gasteiger partial charge >= 0.3 is 0 Å². The summed E-state index contributed by atoms with van der Waals surface area (Å²) >= 11 is 0. The van der Waals surface area contributed by atoms with Gasteiger partial charge in [-0.3, -0.25) is 9.69 Å². The van der Waals surface area contributed by atoms with Crippen LogP contribution < -0.4 is 15.5 Å². The molecule has 0 bridgehead atoms. The Morgan fingerprint density at radius 2 is 1.80 bits per heavy atom. The zero-order chi connectivity index (χ0) is 23.9. The Bertz CT molecular complexity index is 1390. The molecule has 0 aliphatic carbocycles. The smallest absolute Gasteiger partial charge is 0.251 e. The van der Waals surface area contributed by atoms with Crippen molar-refractivity contribution < 1.29 is 4.79 Å². The Labute approximate surface area is 203 Å². The molecule has 2 N–H and O–H groups in total. The number of carbonyl (C=O) groups is 1. The van der Waals surface area contributed by atoms with E-state index in [1.54, 1.807) is 10.7 Å². The van der Waals surface area contributed by atoms with Crippen molar-refractivity contribution in [2.24, 2.45) is 0 Å². The predicted octanol–water partition coefficient (Wildman–Crippen LogP) is 2.70. The lowest BCUT2D eigenvalue weighted by atomic mass is 10.0. The fourth-order valence-corrected chi connectivity index (χ4v) is 4.83. The maximum absolute atomic E-state index is 12.1. The molecule has 178 valence electrons. The number of anilines is 3. The van der Waals surface area contributed by atoms with Gasteiger partial charge < -0.3 is 15.5 Å². The summed E-state index contributed by atoms with van der Waals surface area (Å²) in [4.78, 5) is 30.7. The predicted molar refractivity (Wildman–Crippen MR) is 134 cm³/mol. The van der Waals surface area contributed by atoms with Crippen LogP contribution in [0.15, 0.2) is 49.1 Å². The number of benzene rings is 1. The summed E-state index contributed by atoms with van der Waals surface area (Å²) in [6.07, 6.45) is 5.10. The number of fused-ring (bicyclic) bond motifs is 2. The van der Waals surface area contributed by atoms with Crippen molar-refractivity contribution in [3.05, 3.63) is 60.2 Å². The largest absolute Gasteiger partial charge is 0.354 e. The molecule has 2 aliphatic rings. The maximum Gasteiger partial charge on any atom is 0.251 e. The average molecular weight is 470 g/mol. The second-order valence-corrected chi connectivity index (χ2v) is 9.15. The summed E-state index contributed by atoms with van der Waals surface area (Å²) in [6, 6.07) is 10.3. The van der Waals surface area contributed by atoms with Gasteiger partial charge in [0.2, 0.25) is 0 Å². The summed E-state index contributed by atoms with van der Waals surface area (Å²) in [5, 5.41) is 10.6. The minimum absolute atomic E-state index is 0.0549. The van der Waals surface area contributed by atoms with Crippen LogP contribution in [0.3, 0.4) is 0 Å². The standard InChI is InChI=1S/C25H27N9O/c1-16(2)32-8-10-33(11-9-32)22-7-6-17(12-26-22)31-23-24-29-15-30-34(24)21(14-27-23)18-4-3-5-19-20(18)13-28-25(19)35/h3-7,12,14-16H,8-11,13H2,1-2H3,(H,27,31)(H,28,35). The number of hydrogen-bond donors (Lipinski definition) is 2. The van der Waals surface area contributed by atoms with E-state index in [1.165, 1.54) is 6.33 Å². The number of piperazine rings is 1. The fraction of sp³-hybridized carbons (Fsp3) is 0.320. The third-order valence-corrected chi connectivity index (χ3v) is 6.81. The molecule has 4 aromatic rings. The quantitative estimate of drug-likeness (QED) is 0.460. The van der Waals surface area contributed by atoms with Crippen molar-refractivity contribution in [2.45, 2.75) is 26.4 Å². The maximum atomic E-state index is 12.1. The van der Waals surface area contributed by atoms with Crippen molar-refractivity contribution in [1.29, 1.82) is 0 Å². The lowest BCUT2D eigenvalue weighted by Gasteiger charge is -2.37. The first-order valence-corrected chi connectivity index (χ1v) is 11.9. The summed E-state index contributed by atoms with van der Waals surface area (Å²) in [5.41, 5.74) is 4.77. The highest BCUT2D eigenvalue weighted by molar-refractivity contribution is 6.00. The van der Waals surface area contributed by atoms with Gasteiger partial charge in [0.25, 0.3) is 5.91 Å². The van der Waals surface area contributed by atoms with E-state index < -0.39 is 0 Å². The molecular weight excluding hydrogens is 442 g/mol. The molecular formula is C25H27N9O. The van der Waals surface area contributed by atoms with Crippen molar-refractivity contribution >= 4 is 28.9 Å². The Hall–Kier alpha value is -4.05. The van der Waals surface area contributed by atoms with E-state index in [2.05, 4.69) is 54.3 Å². The Balaban J connectivity index is 1.24. The van der Waals surface area contributed by atoms with Gasteiger partial charge in [0.05, 0.1) is 23.8 Å². The fourth-order valence-electron chi connectivity index (χ4n) is 4.83. The second-order valence-electron chi connectivity index (χ2n) is 9.15. The molecule has 1 amide bonds. The minimum atomic E-state index is -0.0549. The molecule has 0 unspecified atom stereocenters. The first kappa shape index (κ1) is 21.5. The highest BCUT2D eigenvalue weighted by Crippen LogP contribution is 2.30. The lowest BCUT2D eigenvalue weighted by molar-refractivity contribution is 0.0965. The summed E-state index contributed by atoms with van der Waals surface area (Å²) in [5.74, 6) is 1.52. The molecule has 0 spiro atoms. The molecule has 0 saturated carbocycles. The van der Waals surface area contributed by atoms with Crippen molar-refractivity contribution in [1.82, 2.24) is 34.8 Å². The molecule has 10 nitrogen and oxygen atoms in total. The monoisotopic (exact) mass is 469 g/mol. The van der Waals surface area contributed by atoms with Gasteiger partial charge in [-0.1, -0.05) is 12.1 Å². The van der Waals surface area contributed by atoms with Gasteiger partial charge in [-0.15, -0.1) is 0 Å². The summed E-state index contributed by atoms with van der Waals surface area (Å²) in [6.45, 7) is 9.03. The number of rotatable bonds is 5. The Morgan fingerprint density at radius 3 is 2.57 bits per heavy atom.